The Bertz CT molecular complexity index is 1150. The van der Waals surface area contributed by atoms with Crippen molar-refractivity contribution in [1.82, 2.24) is 19.8 Å². The van der Waals surface area contributed by atoms with Gasteiger partial charge in [0.05, 0.1) is 4.90 Å². The van der Waals surface area contributed by atoms with Crippen molar-refractivity contribution in [3.05, 3.63) is 65.7 Å². The van der Waals surface area contributed by atoms with E-state index in [0.717, 1.165) is 4.90 Å². The molecule has 1 unspecified atom stereocenters. The summed E-state index contributed by atoms with van der Waals surface area (Å²) in [5.41, 5.74) is 0.0774. The molecule has 10 heteroatoms. The molecule has 1 aliphatic rings. The molecule has 2 N–H and O–H groups in total. The highest BCUT2D eigenvalue weighted by Gasteiger charge is 2.49. The third kappa shape index (κ3) is 4.91. The van der Waals surface area contributed by atoms with E-state index in [1.807, 2.05) is 6.07 Å². The van der Waals surface area contributed by atoms with Gasteiger partial charge in [-0.2, -0.15) is 4.31 Å². The van der Waals surface area contributed by atoms with Crippen LogP contribution in [0.4, 0.5) is 4.79 Å². The summed E-state index contributed by atoms with van der Waals surface area (Å²) in [5, 5.41) is 5.32. The lowest BCUT2D eigenvalue weighted by molar-refractivity contribution is -0.134. The van der Waals surface area contributed by atoms with E-state index in [-0.39, 0.29) is 17.5 Å². The van der Waals surface area contributed by atoms with E-state index in [1.54, 1.807) is 57.2 Å². The van der Waals surface area contributed by atoms with Crippen LogP contribution in [0.3, 0.4) is 0 Å². The Hall–Kier alpha value is -3.24. The maximum Gasteiger partial charge on any atom is 0.325 e. The number of sulfonamides is 1. The molecule has 4 amide bonds. The Morgan fingerprint density at radius 1 is 1.09 bits per heavy atom. The molecule has 0 aromatic heterocycles. The van der Waals surface area contributed by atoms with Crippen LogP contribution in [0.25, 0.3) is 0 Å². The summed E-state index contributed by atoms with van der Waals surface area (Å²) < 4.78 is 26.4. The fraction of sp³-hybridized carbons (Fsp3) is 0.348. The highest BCUT2D eigenvalue weighted by atomic mass is 32.2. The van der Waals surface area contributed by atoms with Crippen molar-refractivity contribution in [3.8, 4) is 0 Å². The first-order chi connectivity index (χ1) is 15.5. The molecule has 33 heavy (non-hydrogen) atoms. The van der Waals surface area contributed by atoms with E-state index in [4.69, 9.17) is 0 Å². The van der Waals surface area contributed by atoms with Gasteiger partial charge in [-0.05, 0) is 44.0 Å². The zero-order chi connectivity index (χ0) is 24.4. The number of nitrogens with one attached hydrogen (secondary N) is 2. The Kier molecular flexibility index (Phi) is 6.89. The molecule has 2 aromatic carbocycles. The summed E-state index contributed by atoms with van der Waals surface area (Å²) >= 11 is 0. The third-order valence-corrected chi connectivity index (χ3v) is 7.79. The van der Waals surface area contributed by atoms with Crippen molar-refractivity contribution in [3.63, 3.8) is 0 Å². The fourth-order valence-electron chi connectivity index (χ4n) is 3.43. The van der Waals surface area contributed by atoms with Crippen LogP contribution in [0.1, 0.15) is 31.9 Å². The average molecular weight is 473 g/mol. The minimum absolute atomic E-state index is 0.124. The van der Waals surface area contributed by atoms with Crippen LogP contribution in [0.5, 0.6) is 0 Å². The number of urea groups is 1. The molecule has 176 valence electrons. The zero-order valence-corrected chi connectivity index (χ0v) is 19.8. The van der Waals surface area contributed by atoms with E-state index in [2.05, 4.69) is 10.6 Å². The smallest absolute Gasteiger partial charge is 0.325 e. The van der Waals surface area contributed by atoms with Gasteiger partial charge in [0.15, 0.2) is 0 Å². The Labute approximate surface area is 193 Å². The number of rotatable bonds is 8. The van der Waals surface area contributed by atoms with Gasteiger partial charge >= 0.3 is 6.03 Å². The normalized spacial score (nSPS) is 18.7. The van der Waals surface area contributed by atoms with Crippen molar-refractivity contribution in [2.45, 2.75) is 43.8 Å². The number of hydrogen-bond acceptors (Lipinski definition) is 5. The van der Waals surface area contributed by atoms with Gasteiger partial charge in [0.2, 0.25) is 15.9 Å². The standard InChI is InChI=1S/C23H28N4O5S/c1-16(2)26(4)33(31,32)19-12-10-17(11-13-19)14-24-20(28)15-27-21(29)23(3,25-22(27)30)18-8-6-5-7-9-18/h5-13,16H,14-15H2,1-4H3,(H,24,28)(H,25,30). The number of imide groups is 1. The van der Waals surface area contributed by atoms with E-state index in [9.17, 15) is 22.8 Å². The van der Waals surface area contributed by atoms with E-state index in [1.165, 1.54) is 23.5 Å². The van der Waals surface area contributed by atoms with Crippen LogP contribution in [-0.2, 0) is 31.7 Å². The molecule has 2 aromatic rings. The van der Waals surface area contributed by atoms with Gasteiger partial charge in [-0.25, -0.2) is 13.2 Å². The quantitative estimate of drug-likeness (QED) is 0.569. The van der Waals surface area contributed by atoms with Crippen LogP contribution < -0.4 is 10.6 Å². The van der Waals surface area contributed by atoms with E-state index >= 15 is 0 Å². The predicted octanol–water partition coefficient (Wildman–Crippen LogP) is 1.80. The Morgan fingerprint density at radius 2 is 1.70 bits per heavy atom. The van der Waals surface area contributed by atoms with Crippen molar-refractivity contribution >= 4 is 27.9 Å². The fourth-order valence-corrected chi connectivity index (χ4v) is 4.80. The predicted molar refractivity (Wildman–Crippen MR) is 122 cm³/mol. The lowest BCUT2D eigenvalue weighted by Crippen LogP contribution is -2.43. The Balaban J connectivity index is 1.61. The number of benzene rings is 2. The van der Waals surface area contributed by atoms with Gasteiger partial charge in [-0.3, -0.25) is 14.5 Å². The lowest BCUT2D eigenvalue weighted by atomic mass is 9.92. The molecule has 1 aliphatic heterocycles. The number of carbonyl (C=O) groups excluding carboxylic acids is 3. The third-order valence-electron chi connectivity index (χ3n) is 5.75. The molecular formula is C23H28N4O5S. The second-order valence-electron chi connectivity index (χ2n) is 8.35. The second-order valence-corrected chi connectivity index (χ2v) is 10.3. The number of nitrogens with zero attached hydrogens (tertiary/aromatic N) is 2. The highest BCUT2D eigenvalue weighted by molar-refractivity contribution is 7.89. The number of hydrogen-bond donors (Lipinski definition) is 2. The van der Waals surface area contributed by atoms with Gasteiger partial charge in [0, 0.05) is 19.6 Å². The molecule has 1 heterocycles. The lowest BCUT2D eigenvalue weighted by Gasteiger charge is -2.22. The first-order valence-corrected chi connectivity index (χ1v) is 11.9. The second kappa shape index (κ2) is 9.32. The molecule has 3 rings (SSSR count). The molecule has 0 bridgehead atoms. The summed E-state index contributed by atoms with van der Waals surface area (Å²) in [6.07, 6.45) is 0. The van der Waals surface area contributed by atoms with Crippen LogP contribution in [0.2, 0.25) is 0 Å². The molecule has 1 saturated heterocycles. The molecule has 0 saturated carbocycles. The monoisotopic (exact) mass is 472 g/mol. The zero-order valence-electron chi connectivity index (χ0n) is 19.0. The van der Waals surface area contributed by atoms with Crippen LogP contribution in [-0.4, -0.2) is 55.1 Å². The first kappa shape index (κ1) is 24.4. The minimum Gasteiger partial charge on any atom is -0.350 e. The summed E-state index contributed by atoms with van der Waals surface area (Å²) in [5.74, 6) is -1.01. The van der Waals surface area contributed by atoms with E-state index in [0.29, 0.717) is 11.1 Å². The molecule has 9 nitrogen and oxygen atoms in total. The summed E-state index contributed by atoms with van der Waals surface area (Å²) in [4.78, 5) is 38.7. The van der Waals surface area contributed by atoms with Gasteiger partial charge in [0.25, 0.3) is 5.91 Å². The van der Waals surface area contributed by atoms with Crippen molar-refractivity contribution in [2.75, 3.05) is 13.6 Å². The highest BCUT2D eigenvalue weighted by Crippen LogP contribution is 2.28. The molecule has 1 atom stereocenters. The molecule has 0 aliphatic carbocycles. The van der Waals surface area contributed by atoms with Gasteiger partial charge in [-0.15, -0.1) is 0 Å². The van der Waals surface area contributed by atoms with Crippen LogP contribution in [0, 0.1) is 0 Å². The van der Waals surface area contributed by atoms with Crippen molar-refractivity contribution in [2.24, 2.45) is 0 Å². The summed E-state index contributed by atoms with van der Waals surface area (Å²) in [6, 6.07) is 14.2. The first-order valence-electron chi connectivity index (χ1n) is 10.5. The van der Waals surface area contributed by atoms with Gasteiger partial charge < -0.3 is 10.6 Å². The van der Waals surface area contributed by atoms with Crippen molar-refractivity contribution < 1.29 is 22.8 Å². The maximum absolute atomic E-state index is 12.9. The van der Waals surface area contributed by atoms with Gasteiger partial charge in [0.1, 0.15) is 12.1 Å². The molecule has 1 fully saturated rings. The Morgan fingerprint density at radius 3 is 2.27 bits per heavy atom. The van der Waals surface area contributed by atoms with E-state index < -0.39 is 40.0 Å². The largest absolute Gasteiger partial charge is 0.350 e. The SMILES string of the molecule is CC(C)N(C)S(=O)(=O)c1ccc(CNC(=O)CN2C(=O)NC(C)(c3ccccc3)C2=O)cc1. The van der Waals surface area contributed by atoms with Gasteiger partial charge in [-0.1, -0.05) is 42.5 Å². The molecular weight excluding hydrogens is 444 g/mol. The van der Waals surface area contributed by atoms with Crippen LogP contribution in [0.15, 0.2) is 59.5 Å². The average Bonchev–Trinajstić information content (AvgIpc) is 3.01. The minimum atomic E-state index is -3.59. The topological polar surface area (TPSA) is 116 Å². The van der Waals surface area contributed by atoms with Crippen LogP contribution >= 0.6 is 0 Å². The summed E-state index contributed by atoms with van der Waals surface area (Å²) in [7, 11) is -2.07. The number of carbonyl (C=O) groups is 3. The number of amides is 4. The molecule has 0 radical (unpaired) electrons. The molecule has 0 spiro atoms. The summed E-state index contributed by atoms with van der Waals surface area (Å²) in [6.45, 7) is 4.88. The van der Waals surface area contributed by atoms with Crippen molar-refractivity contribution in [1.29, 1.82) is 0 Å². The maximum atomic E-state index is 12.9.